The summed E-state index contributed by atoms with van der Waals surface area (Å²) in [4.78, 5) is 36.1. The normalized spacial score (nSPS) is 13.5. The predicted molar refractivity (Wildman–Crippen MR) is 152 cm³/mol. The lowest BCUT2D eigenvalue weighted by molar-refractivity contribution is -0.113. The summed E-state index contributed by atoms with van der Waals surface area (Å²) in [5.74, 6) is 0.704. The van der Waals surface area contributed by atoms with Gasteiger partial charge in [-0.1, -0.05) is 30.8 Å². The number of likely N-dealkylation sites (N-methyl/N-ethyl adjacent to an activating group) is 1. The van der Waals surface area contributed by atoms with Crippen LogP contribution in [-0.2, 0) is 17.8 Å². The van der Waals surface area contributed by atoms with Gasteiger partial charge < -0.3 is 10.1 Å². The first-order chi connectivity index (χ1) is 17.9. The molecule has 5 rings (SSSR count). The Kier molecular flexibility index (Phi) is 7.37. The number of hydrogen-bond donors (Lipinski definition) is 1. The van der Waals surface area contributed by atoms with E-state index in [4.69, 9.17) is 9.72 Å². The molecule has 9 heteroatoms. The van der Waals surface area contributed by atoms with E-state index in [0.29, 0.717) is 22.0 Å². The number of methoxy groups -OCH3 is 1. The summed E-state index contributed by atoms with van der Waals surface area (Å²) in [7, 11) is 1.61. The Hall–Kier alpha value is -3.14. The highest BCUT2D eigenvalue weighted by molar-refractivity contribution is 7.99. The number of anilines is 1. The number of carbonyl (C=O) groups is 1. The highest BCUT2D eigenvalue weighted by atomic mass is 32.2. The molecule has 0 aliphatic carbocycles. The fourth-order valence-electron chi connectivity index (χ4n) is 4.59. The molecule has 0 radical (unpaired) electrons. The van der Waals surface area contributed by atoms with E-state index in [1.807, 2.05) is 56.3 Å². The first-order valence-corrected chi connectivity index (χ1v) is 14.1. The molecular weight excluding hydrogens is 504 g/mol. The van der Waals surface area contributed by atoms with Crippen LogP contribution in [0.5, 0.6) is 5.75 Å². The Morgan fingerprint density at radius 1 is 1.19 bits per heavy atom. The molecule has 1 N–H and O–H groups in total. The summed E-state index contributed by atoms with van der Waals surface area (Å²) in [6, 6.07) is 13.3. The van der Waals surface area contributed by atoms with Crippen LogP contribution in [-0.4, -0.2) is 46.3 Å². The fraction of sp³-hybridized carbons (Fsp3) is 0.321. The standard InChI is InChI=1S/C28H30N4O3S2/c1-5-31-13-12-21-23(15-31)37-26-25(21)27(34)32(19-8-10-20(35-4)11-9-19)28(30-26)36-16-24(33)29-22-14-17(2)6-7-18(22)3/h6-11,14H,5,12-13,15-16H2,1-4H3,(H,29,33). The number of nitrogens with one attached hydrogen (secondary N) is 1. The number of aryl methyl sites for hydroxylation is 2. The van der Waals surface area contributed by atoms with Crippen LogP contribution in [0.2, 0.25) is 0 Å². The van der Waals surface area contributed by atoms with Crippen molar-refractivity contribution in [1.82, 2.24) is 14.5 Å². The third kappa shape index (κ3) is 5.16. The zero-order valence-corrected chi connectivity index (χ0v) is 23.1. The summed E-state index contributed by atoms with van der Waals surface area (Å²) in [6.07, 6.45) is 0.841. The lowest BCUT2D eigenvalue weighted by Gasteiger charge is -2.25. The van der Waals surface area contributed by atoms with Gasteiger partial charge in [0.05, 0.1) is 23.9 Å². The van der Waals surface area contributed by atoms with Crippen molar-refractivity contribution in [2.24, 2.45) is 0 Å². The number of benzene rings is 2. The minimum absolute atomic E-state index is 0.0879. The van der Waals surface area contributed by atoms with Crippen molar-refractivity contribution in [2.75, 3.05) is 31.3 Å². The average Bonchev–Trinajstić information content (AvgIpc) is 3.27. The molecule has 0 fully saturated rings. The Balaban J connectivity index is 1.52. The number of amides is 1. The van der Waals surface area contributed by atoms with Gasteiger partial charge in [-0.05, 0) is 73.8 Å². The Morgan fingerprint density at radius 2 is 1.97 bits per heavy atom. The molecule has 0 atom stereocenters. The van der Waals surface area contributed by atoms with Crippen LogP contribution < -0.4 is 15.6 Å². The van der Waals surface area contributed by atoms with Gasteiger partial charge in [-0.25, -0.2) is 4.98 Å². The molecule has 2 aromatic heterocycles. The Labute approximate surface area is 224 Å². The molecule has 4 aromatic rings. The van der Waals surface area contributed by atoms with Gasteiger partial charge in [0, 0.05) is 23.7 Å². The maximum Gasteiger partial charge on any atom is 0.267 e. The van der Waals surface area contributed by atoms with Crippen LogP contribution in [0.25, 0.3) is 15.9 Å². The van der Waals surface area contributed by atoms with Crippen LogP contribution in [0.1, 0.15) is 28.5 Å². The van der Waals surface area contributed by atoms with Crippen LogP contribution in [0.3, 0.4) is 0 Å². The fourth-order valence-corrected chi connectivity index (χ4v) is 6.71. The van der Waals surface area contributed by atoms with Crippen LogP contribution in [0.15, 0.2) is 52.4 Å². The Morgan fingerprint density at radius 3 is 2.70 bits per heavy atom. The molecule has 1 aliphatic rings. The minimum Gasteiger partial charge on any atom is -0.497 e. The lowest BCUT2D eigenvalue weighted by Crippen LogP contribution is -2.30. The monoisotopic (exact) mass is 534 g/mol. The minimum atomic E-state index is -0.140. The number of thiophene rings is 1. The number of carbonyl (C=O) groups excluding carboxylic acids is 1. The third-order valence-electron chi connectivity index (χ3n) is 6.70. The van der Waals surface area contributed by atoms with Crippen LogP contribution in [0.4, 0.5) is 5.69 Å². The molecule has 0 unspecified atom stereocenters. The highest BCUT2D eigenvalue weighted by Crippen LogP contribution is 2.34. The molecule has 37 heavy (non-hydrogen) atoms. The van der Waals surface area contributed by atoms with Crippen molar-refractivity contribution in [1.29, 1.82) is 0 Å². The zero-order chi connectivity index (χ0) is 26.1. The number of ether oxygens (including phenoxy) is 1. The molecule has 0 saturated heterocycles. The molecule has 3 heterocycles. The quantitative estimate of drug-likeness (QED) is 0.260. The molecule has 1 amide bonds. The summed E-state index contributed by atoms with van der Waals surface area (Å²) in [5.41, 5.74) is 4.61. The van der Waals surface area contributed by atoms with E-state index >= 15 is 0 Å². The molecule has 0 bridgehead atoms. The van der Waals surface area contributed by atoms with E-state index < -0.39 is 0 Å². The summed E-state index contributed by atoms with van der Waals surface area (Å²) in [6.45, 7) is 8.88. The van der Waals surface area contributed by atoms with Gasteiger partial charge in [0.1, 0.15) is 10.6 Å². The smallest absolute Gasteiger partial charge is 0.267 e. The topological polar surface area (TPSA) is 76.5 Å². The van der Waals surface area contributed by atoms with E-state index in [-0.39, 0.29) is 17.2 Å². The number of fused-ring (bicyclic) bond motifs is 3. The number of hydrogen-bond acceptors (Lipinski definition) is 7. The first-order valence-electron chi connectivity index (χ1n) is 12.3. The van der Waals surface area contributed by atoms with Gasteiger partial charge in [-0.2, -0.15) is 0 Å². The first kappa shape index (κ1) is 25.5. The Bertz CT molecular complexity index is 1530. The van der Waals surface area contributed by atoms with Crippen molar-refractivity contribution >= 4 is 44.9 Å². The molecule has 192 valence electrons. The molecule has 2 aromatic carbocycles. The highest BCUT2D eigenvalue weighted by Gasteiger charge is 2.25. The zero-order valence-electron chi connectivity index (χ0n) is 21.5. The van der Waals surface area contributed by atoms with Crippen LogP contribution >= 0.6 is 23.1 Å². The molecule has 0 saturated carbocycles. The summed E-state index contributed by atoms with van der Waals surface area (Å²) in [5, 5.41) is 4.21. The van der Waals surface area contributed by atoms with Gasteiger partial charge in [0.15, 0.2) is 5.16 Å². The maximum atomic E-state index is 14.0. The van der Waals surface area contributed by atoms with Gasteiger partial charge in [0.25, 0.3) is 5.56 Å². The van der Waals surface area contributed by atoms with Crippen molar-refractivity contribution in [2.45, 2.75) is 38.9 Å². The van der Waals surface area contributed by atoms with Gasteiger partial charge >= 0.3 is 0 Å². The molecule has 0 spiro atoms. The summed E-state index contributed by atoms with van der Waals surface area (Å²) < 4.78 is 6.94. The SMILES string of the molecule is CCN1CCc2c(sc3nc(SCC(=O)Nc4cc(C)ccc4C)n(-c4ccc(OC)cc4)c(=O)c23)C1. The van der Waals surface area contributed by atoms with Gasteiger partial charge in [-0.15, -0.1) is 11.3 Å². The van der Waals surface area contributed by atoms with E-state index in [9.17, 15) is 9.59 Å². The van der Waals surface area contributed by atoms with Crippen LogP contribution in [0, 0.1) is 13.8 Å². The molecule has 1 aliphatic heterocycles. The van der Waals surface area contributed by atoms with Crippen molar-refractivity contribution < 1.29 is 9.53 Å². The van der Waals surface area contributed by atoms with E-state index in [1.54, 1.807) is 23.0 Å². The number of nitrogens with zero attached hydrogens (tertiary/aromatic N) is 3. The number of aromatic nitrogens is 2. The average molecular weight is 535 g/mol. The number of thioether (sulfide) groups is 1. The second kappa shape index (κ2) is 10.7. The summed E-state index contributed by atoms with van der Waals surface area (Å²) >= 11 is 2.87. The second-order valence-corrected chi connectivity index (χ2v) is 11.2. The van der Waals surface area contributed by atoms with E-state index in [2.05, 4.69) is 17.1 Å². The maximum absolute atomic E-state index is 14.0. The lowest BCUT2D eigenvalue weighted by atomic mass is 10.1. The van der Waals surface area contributed by atoms with Crippen molar-refractivity contribution in [3.8, 4) is 11.4 Å². The predicted octanol–water partition coefficient (Wildman–Crippen LogP) is 5.18. The van der Waals surface area contributed by atoms with E-state index in [1.165, 1.54) is 16.6 Å². The second-order valence-electron chi connectivity index (χ2n) is 9.19. The molecule has 7 nitrogen and oxygen atoms in total. The van der Waals surface area contributed by atoms with E-state index in [0.717, 1.165) is 53.3 Å². The van der Waals surface area contributed by atoms with Gasteiger partial charge in [-0.3, -0.25) is 19.1 Å². The van der Waals surface area contributed by atoms with Crippen molar-refractivity contribution in [3.05, 3.63) is 74.4 Å². The molecular formula is C28H30N4O3S2. The largest absolute Gasteiger partial charge is 0.497 e. The van der Waals surface area contributed by atoms with Crippen molar-refractivity contribution in [3.63, 3.8) is 0 Å². The third-order valence-corrected chi connectivity index (χ3v) is 8.75. The number of rotatable bonds is 7. The van der Waals surface area contributed by atoms with Gasteiger partial charge in [0.2, 0.25) is 5.91 Å².